The molecule has 1 saturated heterocycles. The van der Waals surface area contributed by atoms with Crippen LogP contribution in [0.5, 0.6) is 0 Å². The van der Waals surface area contributed by atoms with Crippen molar-refractivity contribution < 1.29 is 9.76 Å². The molecular formula is C24H31BN4O2. The predicted molar refractivity (Wildman–Crippen MR) is 121 cm³/mol. The summed E-state index contributed by atoms with van der Waals surface area (Å²) in [6.45, 7) is 8.44. The van der Waals surface area contributed by atoms with Crippen LogP contribution in [0, 0.1) is 35.0 Å². The molecule has 2 aliphatic heterocycles. The quantitative estimate of drug-likeness (QED) is 0.699. The molecule has 162 valence electrons. The molecule has 0 radical (unpaired) electrons. The van der Waals surface area contributed by atoms with E-state index >= 15 is 0 Å². The zero-order valence-corrected chi connectivity index (χ0v) is 18.6. The number of nitrogens with zero attached hydrogens (tertiary/aromatic N) is 3. The topological polar surface area (TPSA) is 73.7 Å². The standard InChI is InChI=1S/C24H31BN4O2/c1-13-6-16-17-7-14(9-24(17,30)8-13)19(16)21-20-15-4-5-26-22(15)27-10-18(20)25-29(28-21)11-23(2,3)12-31-25/h4-5,10,13-14,16-17,19,30H,6-9,11-12H2,1-3H3,(H,26,27)/t13-,14+,16-,17+,19-,24+/m0/s1. The van der Waals surface area contributed by atoms with Gasteiger partial charge in [0.25, 0.3) is 0 Å². The van der Waals surface area contributed by atoms with Crippen LogP contribution in [0.4, 0.5) is 0 Å². The van der Waals surface area contributed by atoms with E-state index in [2.05, 4.69) is 36.7 Å². The summed E-state index contributed by atoms with van der Waals surface area (Å²) in [7, 11) is -0.153. The Balaban J connectivity index is 1.40. The molecule has 6 nitrogen and oxygen atoms in total. The molecule has 0 spiro atoms. The molecule has 3 saturated carbocycles. The molecule has 31 heavy (non-hydrogen) atoms. The number of pyridine rings is 1. The van der Waals surface area contributed by atoms with E-state index in [-0.39, 0.29) is 12.5 Å². The van der Waals surface area contributed by atoms with E-state index in [1.807, 2.05) is 12.4 Å². The smallest absolute Gasteiger partial charge is 0.411 e. The summed E-state index contributed by atoms with van der Waals surface area (Å²) >= 11 is 0. The first-order chi connectivity index (χ1) is 14.8. The second-order valence-corrected chi connectivity index (χ2v) is 11.9. The van der Waals surface area contributed by atoms with Crippen LogP contribution >= 0.6 is 0 Å². The highest BCUT2D eigenvalue weighted by Crippen LogP contribution is 2.64. The van der Waals surface area contributed by atoms with Gasteiger partial charge in [0.05, 0.1) is 11.3 Å². The fourth-order valence-electron chi connectivity index (χ4n) is 8.02. The average molecular weight is 418 g/mol. The number of aliphatic hydroxyl groups is 1. The lowest BCUT2D eigenvalue weighted by Gasteiger charge is -2.50. The van der Waals surface area contributed by atoms with E-state index in [1.54, 1.807) is 0 Å². The first-order valence-corrected chi connectivity index (χ1v) is 12.0. The van der Waals surface area contributed by atoms with Crippen molar-refractivity contribution in [2.75, 3.05) is 13.2 Å². The lowest BCUT2D eigenvalue weighted by atomic mass is 9.58. The Hall–Kier alpha value is -1.86. The molecule has 4 heterocycles. The maximum atomic E-state index is 11.4. The molecule has 2 aromatic rings. The van der Waals surface area contributed by atoms with Crippen molar-refractivity contribution in [2.24, 2.45) is 40.1 Å². The third-order valence-corrected chi connectivity index (χ3v) is 8.91. The minimum absolute atomic E-state index is 0.0719. The summed E-state index contributed by atoms with van der Waals surface area (Å²) in [5, 5.41) is 17.9. The van der Waals surface area contributed by atoms with Crippen LogP contribution in [0.15, 0.2) is 23.6 Å². The van der Waals surface area contributed by atoms with Crippen molar-refractivity contribution in [3.63, 3.8) is 0 Å². The van der Waals surface area contributed by atoms with Gasteiger partial charge in [0.1, 0.15) is 5.65 Å². The molecule has 4 fully saturated rings. The highest BCUT2D eigenvalue weighted by Gasteiger charge is 2.63. The average Bonchev–Trinajstić information content (AvgIpc) is 3.38. The van der Waals surface area contributed by atoms with Gasteiger partial charge in [0.15, 0.2) is 0 Å². The minimum atomic E-state index is -0.442. The van der Waals surface area contributed by atoms with Gasteiger partial charge >= 0.3 is 7.05 Å². The normalized spacial score (nSPS) is 40.1. The maximum absolute atomic E-state index is 11.4. The van der Waals surface area contributed by atoms with E-state index in [1.165, 1.54) is 17.7 Å². The molecular weight excluding hydrogens is 387 g/mol. The number of hydrogen-bond donors (Lipinski definition) is 2. The SMILES string of the molecule is C[C@H]1C[C@@H]2[C@@H](C3=NN4CC(C)(C)COB4c4cnc5[nH]ccc5c43)[C@@H]3C[C@H]2[C@@](O)(C1)C3. The summed E-state index contributed by atoms with van der Waals surface area (Å²) in [6, 6.07) is 2.14. The Kier molecular flexibility index (Phi) is 3.57. The third-order valence-electron chi connectivity index (χ3n) is 8.91. The summed E-state index contributed by atoms with van der Waals surface area (Å²) in [4.78, 5) is 10.2. The van der Waals surface area contributed by atoms with Crippen LogP contribution in [-0.2, 0) is 4.65 Å². The second-order valence-electron chi connectivity index (χ2n) is 11.9. The number of hydrazone groups is 1. The number of H-pyrrole nitrogens is 1. The van der Waals surface area contributed by atoms with Gasteiger partial charge in [-0.15, -0.1) is 0 Å². The monoisotopic (exact) mass is 418 g/mol. The summed E-state index contributed by atoms with van der Waals surface area (Å²) < 4.78 is 6.37. The third kappa shape index (κ3) is 2.48. The number of aromatic nitrogens is 2. The summed E-state index contributed by atoms with van der Waals surface area (Å²) in [6.07, 6.45) is 8.25. The molecule has 2 N–H and O–H groups in total. The second kappa shape index (κ2) is 5.93. The first kappa shape index (κ1) is 18.7. The van der Waals surface area contributed by atoms with Crippen molar-refractivity contribution >= 4 is 29.3 Å². The Morgan fingerprint density at radius 3 is 3.03 bits per heavy atom. The van der Waals surface area contributed by atoms with E-state index in [4.69, 9.17) is 14.7 Å². The molecule has 0 unspecified atom stereocenters. The van der Waals surface area contributed by atoms with Crippen LogP contribution < -0.4 is 5.46 Å². The lowest BCUT2D eigenvalue weighted by molar-refractivity contribution is -0.0912. The number of hydrogen-bond acceptors (Lipinski definition) is 5. The number of rotatable bonds is 1. The zero-order chi connectivity index (χ0) is 21.1. The summed E-state index contributed by atoms with van der Waals surface area (Å²) in [5.74, 6) is 2.47. The predicted octanol–water partition coefficient (Wildman–Crippen LogP) is 2.77. The van der Waals surface area contributed by atoms with Crippen molar-refractivity contribution in [2.45, 2.75) is 52.1 Å². The highest BCUT2D eigenvalue weighted by atomic mass is 16.5. The van der Waals surface area contributed by atoms with Gasteiger partial charge in [0.2, 0.25) is 0 Å². The van der Waals surface area contributed by atoms with E-state index in [9.17, 15) is 5.11 Å². The highest BCUT2D eigenvalue weighted by molar-refractivity contribution is 6.67. The van der Waals surface area contributed by atoms with E-state index in [0.29, 0.717) is 29.6 Å². The summed E-state index contributed by atoms with van der Waals surface area (Å²) in [5.41, 5.74) is 4.19. The van der Waals surface area contributed by atoms with E-state index in [0.717, 1.165) is 48.9 Å². The van der Waals surface area contributed by atoms with E-state index < -0.39 is 5.60 Å². The molecule has 6 atom stereocenters. The largest absolute Gasteiger partial charge is 0.471 e. The minimum Gasteiger partial charge on any atom is -0.411 e. The van der Waals surface area contributed by atoms with Crippen LogP contribution in [0.25, 0.3) is 11.0 Å². The van der Waals surface area contributed by atoms with Gasteiger partial charge in [-0.05, 0) is 55.4 Å². The fourth-order valence-corrected chi connectivity index (χ4v) is 8.02. The first-order valence-electron chi connectivity index (χ1n) is 12.0. The lowest BCUT2D eigenvalue weighted by Crippen LogP contribution is -2.61. The van der Waals surface area contributed by atoms with Crippen LogP contribution in [0.3, 0.4) is 0 Å². The van der Waals surface area contributed by atoms with Crippen molar-refractivity contribution in [1.82, 2.24) is 14.9 Å². The van der Waals surface area contributed by atoms with Gasteiger partial charge in [-0.2, -0.15) is 5.10 Å². The molecule has 3 aliphatic carbocycles. The van der Waals surface area contributed by atoms with Gasteiger partial charge in [-0.25, -0.2) is 4.98 Å². The number of aromatic amines is 1. The fraction of sp³-hybridized carbons (Fsp3) is 0.667. The molecule has 0 amide bonds. The Morgan fingerprint density at radius 2 is 2.16 bits per heavy atom. The van der Waals surface area contributed by atoms with Gasteiger partial charge in [0, 0.05) is 53.3 Å². The van der Waals surface area contributed by atoms with Crippen molar-refractivity contribution in [3.8, 4) is 0 Å². The Labute approximate surface area is 183 Å². The molecule has 7 heteroatoms. The van der Waals surface area contributed by atoms with Crippen LogP contribution in [0.1, 0.15) is 52.0 Å². The van der Waals surface area contributed by atoms with Gasteiger partial charge in [-0.1, -0.05) is 20.8 Å². The number of nitrogens with one attached hydrogen (secondary N) is 1. The van der Waals surface area contributed by atoms with Gasteiger partial charge in [-0.3, -0.25) is 0 Å². The molecule has 7 rings (SSSR count). The molecule has 2 bridgehead atoms. The zero-order valence-electron chi connectivity index (χ0n) is 18.6. The Bertz CT molecular complexity index is 1110. The molecule has 2 aromatic heterocycles. The van der Waals surface area contributed by atoms with Crippen molar-refractivity contribution in [3.05, 3.63) is 24.0 Å². The van der Waals surface area contributed by atoms with Crippen LogP contribution in [-0.4, -0.2) is 51.5 Å². The molecule has 0 aromatic carbocycles. The number of fused-ring (bicyclic) bond motifs is 6. The van der Waals surface area contributed by atoms with Gasteiger partial charge < -0.3 is 19.7 Å². The van der Waals surface area contributed by atoms with Crippen LogP contribution in [0.2, 0.25) is 0 Å². The molecule has 5 aliphatic rings. The Morgan fingerprint density at radius 1 is 1.29 bits per heavy atom. The van der Waals surface area contributed by atoms with Crippen molar-refractivity contribution in [1.29, 1.82) is 0 Å². The maximum Gasteiger partial charge on any atom is 0.471 e.